The third-order valence-corrected chi connectivity index (χ3v) is 2.87. The van der Waals surface area contributed by atoms with Crippen LogP contribution >= 0.6 is 8.58 Å². The van der Waals surface area contributed by atoms with Gasteiger partial charge in [-0.25, -0.2) is 0 Å². The van der Waals surface area contributed by atoms with E-state index < -0.39 is 0 Å². The van der Waals surface area contributed by atoms with Gasteiger partial charge in [-0.15, -0.1) is 0 Å². The Morgan fingerprint density at radius 2 is 2.00 bits per heavy atom. The molecule has 0 aliphatic carbocycles. The van der Waals surface area contributed by atoms with Crippen molar-refractivity contribution in [1.82, 2.24) is 0 Å². The Morgan fingerprint density at radius 3 is 2.50 bits per heavy atom. The first kappa shape index (κ1) is 10.4. The first-order valence-electron chi connectivity index (χ1n) is 4.22. The summed E-state index contributed by atoms with van der Waals surface area (Å²) in [6.07, 6.45) is 5.85. The topological polar surface area (TPSA) is 20.2 Å². The first-order valence-corrected chi connectivity index (χ1v) is 5.51. The number of rotatable bonds is 6. The molecule has 0 saturated carbocycles. The summed E-state index contributed by atoms with van der Waals surface area (Å²) >= 11 is 0. The minimum Gasteiger partial charge on any atom is -0.389 e. The smallest absolute Gasteiger partial charge is 0.0702 e. The summed E-state index contributed by atoms with van der Waals surface area (Å²) in [7, 11) is 0.775. The van der Waals surface area contributed by atoms with Crippen molar-refractivity contribution in [3.8, 4) is 0 Å². The number of aliphatic hydroxyl groups is 1. The van der Waals surface area contributed by atoms with Crippen LogP contribution in [0.25, 0.3) is 0 Å². The van der Waals surface area contributed by atoms with E-state index in [1.165, 1.54) is 19.0 Å². The van der Waals surface area contributed by atoms with Crippen LogP contribution < -0.4 is 0 Å². The summed E-state index contributed by atoms with van der Waals surface area (Å²) in [5.41, 5.74) is 0. The van der Waals surface area contributed by atoms with Crippen molar-refractivity contribution in [2.24, 2.45) is 0 Å². The molecule has 2 heteroatoms. The number of hydrogen-bond acceptors (Lipinski definition) is 1. The zero-order valence-corrected chi connectivity index (χ0v) is 8.06. The molecule has 0 aromatic carbocycles. The summed E-state index contributed by atoms with van der Waals surface area (Å²) in [6.45, 7) is 4.31. The Labute approximate surface area is 66.0 Å². The van der Waals surface area contributed by atoms with Crippen molar-refractivity contribution in [3.63, 3.8) is 0 Å². The normalized spacial score (nSPS) is 14.7. The molecular weight excluding hydrogens is 143 g/mol. The minimum atomic E-state index is -0.00319. The van der Waals surface area contributed by atoms with Gasteiger partial charge in [0, 0.05) is 0 Å². The summed E-state index contributed by atoms with van der Waals surface area (Å²) in [4.78, 5) is 0. The number of aliphatic hydroxyl groups excluding tert-OH is 1. The van der Waals surface area contributed by atoms with Crippen LogP contribution in [0.15, 0.2) is 0 Å². The van der Waals surface area contributed by atoms with Gasteiger partial charge in [-0.2, -0.15) is 0 Å². The minimum absolute atomic E-state index is 0.00319. The monoisotopic (exact) mass is 162 g/mol. The highest BCUT2D eigenvalue weighted by Gasteiger charge is 1.99. The van der Waals surface area contributed by atoms with E-state index in [-0.39, 0.29) is 5.85 Å². The van der Waals surface area contributed by atoms with Crippen molar-refractivity contribution >= 4 is 8.58 Å². The fourth-order valence-electron chi connectivity index (χ4n) is 0.821. The molecule has 0 spiro atoms. The van der Waals surface area contributed by atoms with Crippen LogP contribution in [0.1, 0.15) is 39.5 Å². The van der Waals surface area contributed by atoms with Crippen LogP contribution in [0.4, 0.5) is 0 Å². The highest BCUT2D eigenvalue weighted by Crippen LogP contribution is 2.21. The molecule has 10 heavy (non-hydrogen) atoms. The summed E-state index contributed by atoms with van der Waals surface area (Å²) in [5.74, 6) is -0.00319. The van der Waals surface area contributed by atoms with Gasteiger partial charge in [0.15, 0.2) is 0 Å². The second-order valence-corrected chi connectivity index (χ2v) is 4.19. The van der Waals surface area contributed by atoms with Gasteiger partial charge in [-0.05, 0) is 19.0 Å². The molecule has 1 nitrogen and oxygen atoms in total. The van der Waals surface area contributed by atoms with E-state index >= 15 is 0 Å². The molecule has 0 saturated heterocycles. The van der Waals surface area contributed by atoms with Gasteiger partial charge in [0.1, 0.15) is 0 Å². The molecule has 62 valence electrons. The van der Waals surface area contributed by atoms with Crippen LogP contribution in [0.3, 0.4) is 0 Å². The molecule has 0 aromatic heterocycles. The molecule has 2 unspecified atom stereocenters. The average Bonchev–Trinajstić information content (AvgIpc) is 1.89. The van der Waals surface area contributed by atoms with E-state index in [1.807, 2.05) is 0 Å². The number of hydrogen-bond donors (Lipinski definition) is 1. The van der Waals surface area contributed by atoms with Crippen LogP contribution in [-0.4, -0.2) is 17.1 Å². The molecule has 0 heterocycles. The third-order valence-electron chi connectivity index (χ3n) is 1.47. The quantitative estimate of drug-likeness (QED) is 0.470. The molecule has 1 N–H and O–H groups in total. The van der Waals surface area contributed by atoms with Gasteiger partial charge in [0.2, 0.25) is 0 Å². The Bertz CT molecular complexity index is 66.3. The summed E-state index contributed by atoms with van der Waals surface area (Å²) < 4.78 is 0. The predicted molar refractivity (Wildman–Crippen MR) is 49.0 cm³/mol. The standard InChI is InChI=1S/C8H19OP/c1-3-5-7-10-8(9)6-4-2/h8-10H,3-7H2,1-2H3. The summed E-state index contributed by atoms with van der Waals surface area (Å²) in [5, 5.41) is 9.29. The van der Waals surface area contributed by atoms with Crippen molar-refractivity contribution < 1.29 is 5.11 Å². The van der Waals surface area contributed by atoms with E-state index in [0.29, 0.717) is 0 Å². The Hall–Kier alpha value is 0.390. The Morgan fingerprint density at radius 1 is 1.30 bits per heavy atom. The fourth-order valence-corrected chi connectivity index (χ4v) is 2.20. The van der Waals surface area contributed by atoms with Crippen molar-refractivity contribution in [1.29, 1.82) is 0 Å². The van der Waals surface area contributed by atoms with Gasteiger partial charge in [-0.3, -0.25) is 0 Å². The van der Waals surface area contributed by atoms with Crippen molar-refractivity contribution in [2.75, 3.05) is 6.16 Å². The van der Waals surface area contributed by atoms with E-state index in [0.717, 1.165) is 21.4 Å². The SMILES string of the molecule is CCCCPC(O)CCC. The first-order chi connectivity index (χ1) is 4.81. The van der Waals surface area contributed by atoms with Crippen LogP contribution in [0, 0.1) is 0 Å². The predicted octanol–water partition coefficient (Wildman–Crippen LogP) is 2.58. The highest BCUT2D eigenvalue weighted by atomic mass is 31.1. The van der Waals surface area contributed by atoms with E-state index in [2.05, 4.69) is 13.8 Å². The van der Waals surface area contributed by atoms with E-state index in [9.17, 15) is 5.11 Å². The lowest BCUT2D eigenvalue weighted by Crippen LogP contribution is -1.97. The molecule has 0 aliphatic heterocycles. The number of unbranched alkanes of at least 4 members (excludes halogenated alkanes) is 1. The second kappa shape index (κ2) is 7.50. The van der Waals surface area contributed by atoms with Gasteiger partial charge < -0.3 is 5.11 Å². The summed E-state index contributed by atoms with van der Waals surface area (Å²) in [6, 6.07) is 0. The maximum Gasteiger partial charge on any atom is 0.0702 e. The fraction of sp³-hybridized carbons (Fsp3) is 1.00. The van der Waals surface area contributed by atoms with Crippen LogP contribution in [-0.2, 0) is 0 Å². The zero-order chi connectivity index (χ0) is 7.82. The molecule has 0 fully saturated rings. The second-order valence-electron chi connectivity index (χ2n) is 2.61. The molecule has 0 radical (unpaired) electrons. The molecule has 0 aliphatic rings. The largest absolute Gasteiger partial charge is 0.389 e. The molecule has 0 amide bonds. The van der Waals surface area contributed by atoms with Crippen molar-refractivity contribution in [2.45, 2.75) is 45.4 Å². The molecule has 0 rings (SSSR count). The van der Waals surface area contributed by atoms with Crippen LogP contribution in [0.2, 0.25) is 0 Å². The average molecular weight is 162 g/mol. The van der Waals surface area contributed by atoms with E-state index in [4.69, 9.17) is 0 Å². The lowest BCUT2D eigenvalue weighted by atomic mass is 10.4. The van der Waals surface area contributed by atoms with Gasteiger partial charge in [0.05, 0.1) is 5.85 Å². The Balaban J connectivity index is 2.97. The molecule has 0 aromatic rings. The van der Waals surface area contributed by atoms with Crippen molar-refractivity contribution in [3.05, 3.63) is 0 Å². The third kappa shape index (κ3) is 6.51. The Kier molecular flexibility index (Phi) is 7.79. The maximum absolute atomic E-state index is 9.29. The van der Waals surface area contributed by atoms with Crippen LogP contribution in [0.5, 0.6) is 0 Å². The van der Waals surface area contributed by atoms with Gasteiger partial charge in [0.25, 0.3) is 0 Å². The maximum atomic E-state index is 9.29. The highest BCUT2D eigenvalue weighted by molar-refractivity contribution is 7.38. The molecule has 2 atom stereocenters. The van der Waals surface area contributed by atoms with E-state index in [1.54, 1.807) is 0 Å². The lowest BCUT2D eigenvalue weighted by Gasteiger charge is -2.07. The molecule has 0 bridgehead atoms. The van der Waals surface area contributed by atoms with Gasteiger partial charge in [-0.1, -0.05) is 35.3 Å². The molecular formula is C8H19OP. The zero-order valence-electron chi connectivity index (χ0n) is 7.06. The van der Waals surface area contributed by atoms with Gasteiger partial charge >= 0.3 is 0 Å². The lowest BCUT2D eigenvalue weighted by molar-refractivity contribution is 0.248.